The molecule has 0 fully saturated rings. The molecule has 2 rings (SSSR count). The van der Waals surface area contributed by atoms with Gasteiger partial charge in [-0.05, 0) is 93.7 Å². The molecule has 0 atom stereocenters. The molecule has 0 heterocycles. The molecule has 0 aromatic heterocycles. The first-order valence-electron chi connectivity index (χ1n) is 5.68. The number of carbonyl (C=O) groups is 1. The highest BCUT2D eigenvalue weighted by Gasteiger charge is 2.19. The van der Waals surface area contributed by atoms with Crippen molar-refractivity contribution in [1.29, 1.82) is 0 Å². The fraction of sp³-hybridized carbons (Fsp3) is 0.0714. The second kappa shape index (κ2) is 7.11. The van der Waals surface area contributed by atoms with Crippen LogP contribution in [0.25, 0.3) is 0 Å². The average molecular weight is 495 g/mol. The smallest absolute Gasteiger partial charge is 0.321 e. The first-order chi connectivity index (χ1) is 9.54. The van der Waals surface area contributed by atoms with Gasteiger partial charge in [-0.15, -0.1) is 0 Å². The summed E-state index contributed by atoms with van der Waals surface area (Å²) < 4.78 is 13.1. The van der Waals surface area contributed by atoms with Crippen molar-refractivity contribution in [3.63, 3.8) is 0 Å². The average Bonchev–Trinajstić information content (AvgIpc) is 2.42. The third-order valence-corrected chi connectivity index (χ3v) is 3.78. The minimum Gasteiger partial charge on any atom is -0.446 e. The molecule has 2 aromatic carbocycles. The van der Waals surface area contributed by atoms with Gasteiger partial charge in [0.2, 0.25) is 0 Å². The van der Waals surface area contributed by atoms with E-state index < -0.39 is 12.2 Å². The van der Waals surface area contributed by atoms with E-state index in [1.165, 1.54) is 0 Å². The minimum absolute atomic E-state index is 0.528. The van der Waals surface area contributed by atoms with Gasteiger partial charge in [0, 0.05) is 7.14 Å². The molecule has 0 unspecified atom stereocenters. The zero-order valence-electron chi connectivity index (χ0n) is 10.3. The molecule has 0 radical (unpaired) electrons. The molecule has 104 valence electrons. The second-order valence-corrected chi connectivity index (χ2v) is 6.37. The molecule has 2 N–H and O–H groups in total. The maximum absolute atomic E-state index is 11.4. The molecule has 0 aliphatic carbocycles. The van der Waals surface area contributed by atoms with Crippen molar-refractivity contribution in [3.8, 4) is 11.5 Å². The first-order valence-corrected chi connectivity index (χ1v) is 7.84. The highest BCUT2D eigenvalue weighted by Crippen LogP contribution is 2.18. The Morgan fingerprint density at radius 1 is 0.850 bits per heavy atom. The van der Waals surface area contributed by atoms with Gasteiger partial charge in [0.05, 0.1) is 0 Å². The number of halogens is 2. The molecule has 0 aliphatic rings. The SMILES string of the molecule is NC(=O)C(Oc1ccc(I)cc1)Oc1ccc(I)cc1. The number of hydrogen-bond donors (Lipinski definition) is 1. The van der Waals surface area contributed by atoms with Crippen molar-refractivity contribution >= 4 is 51.1 Å². The summed E-state index contributed by atoms with van der Waals surface area (Å²) in [7, 11) is 0. The van der Waals surface area contributed by atoms with Crippen LogP contribution < -0.4 is 15.2 Å². The molecule has 0 spiro atoms. The lowest BCUT2D eigenvalue weighted by molar-refractivity contribution is -0.136. The van der Waals surface area contributed by atoms with Gasteiger partial charge in [-0.1, -0.05) is 0 Å². The fourth-order valence-electron chi connectivity index (χ4n) is 1.41. The summed E-state index contributed by atoms with van der Waals surface area (Å²) in [5.41, 5.74) is 5.30. The molecule has 20 heavy (non-hydrogen) atoms. The van der Waals surface area contributed by atoms with E-state index in [9.17, 15) is 4.79 Å². The van der Waals surface area contributed by atoms with Gasteiger partial charge in [0.15, 0.2) is 0 Å². The molecule has 1 amide bonds. The van der Waals surface area contributed by atoms with Crippen LogP contribution in [0.15, 0.2) is 48.5 Å². The predicted molar refractivity (Wildman–Crippen MR) is 92.6 cm³/mol. The van der Waals surface area contributed by atoms with Gasteiger partial charge in [-0.3, -0.25) is 4.79 Å². The lowest BCUT2D eigenvalue weighted by Crippen LogP contribution is -2.38. The van der Waals surface area contributed by atoms with Gasteiger partial charge >= 0.3 is 6.29 Å². The van der Waals surface area contributed by atoms with E-state index in [4.69, 9.17) is 15.2 Å². The number of nitrogens with two attached hydrogens (primary N) is 1. The topological polar surface area (TPSA) is 61.6 Å². The Bertz CT molecular complexity index is 537. The zero-order chi connectivity index (χ0) is 14.5. The van der Waals surface area contributed by atoms with Gasteiger partial charge in [0.25, 0.3) is 5.91 Å². The standard InChI is InChI=1S/C14H11I2NO3/c15-9-1-5-11(6-2-9)19-14(13(17)18)20-12-7-3-10(16)4-8-12/h1-8,14H,(H2,17,18). The van der Waals surface area contributed by atoms with E-state index in [1.54, 1.807) is 24.3 Å². The molecule has 0 aliphatic heterocycles. The molecule has 0 saturated heterocycles. The maximum Gasteiger partial charge on any atom is 0.321 e. The predicted octanol–water partition coefficient (Wildman–Crippen LogP) is 3.17. The lowest BCUT2D eigenvalue weighted by Gasteiger charge is -2.17. The summed E-state index contributed by atoms with van der Waals surface area (Å²) in [5, 5.41) is 0. The maximum atomic E-state index is 11.4. The zero-order valence-corrected chi connectivity index (χ0v) is 14.6. The number of benzene rings is 2. The highest BCUT2D eigenvalue weighted by molar-refractivity contribution is 14.1. The third-order valence-electron chi connectivity index (χ3n) is 2.35. The molecular weight excluding hydrogens is 484 g/mol. The normalized spacial score (nSPS) is 10.3. The van der Waals surface area contributed by atoms with Crippen LogP contribution in [0.1, 0.15) is 0 Å². The highest BCUT2D eigenvalue weighted by atomic mass is 127. The quantitative estimate of drug-likeness (QED) is 0.513. The molecule has 4 nitrogen and oxygen atoms in total. The van der Waals surface area contributed by atoms with Crippen molar-refractivity contribution in [2.45, 2.75) is 6.29 Å². The van der Waals surface area contributed by atoms with E-state index in [1.807, 2.05) is 24.3 Å². The van der Waals surface area contributed by atoms with Crippen molar-refractivity contribution in [2.24, 2.45) is 5.73 Å². The number of primary amides is 1. The Morgan fingerprint density at radius 2 is 1.20 bits per heavy atom. The van der Waals surface area contributed by atoms with E-state index >= 15 is 0 Å². The monoisotopic (exact) mass is 495 g/mol. The van der Waals surface area contributed by atoms with E-state index in [0.717, 1.165) is 7.14 Å². The Balaban J connectivity index is 2.09. The Morgan fingerprint density at radius 3 is 1.50 bits per heavy atom. The first kappa shape index (κ1) is 15.4. The van der Waals surface area contributed by atoms with Crippen molar-refractivity contribution < 1.29 is 14.3 Å². The Hall–Kier alpha value is -1.03. The van der Waals surface area contributed by atoms with Crippen molar-refractivity contribution in [1.82, 2.24) is 0 Å². The third kappa shape index (κ3) is 4.51. The van der Waals surface area contributed by atoms with E-state index in [0.29, 0.717) is 11.5 Å². The van der Waals surface area contributed by atoms with Crippen LogP contribution in [0, 0.1) is 7.14 Å². The van der Waals surface area contributed by atoms with Crippen LogP contribution in [0.3, 0.4) is 0 Å². The van der Waals surface area contributed by atoms with Crippen LogP contribution in [0.4, 0.5) is 0 Å². The number of amides is 1. The van der Waals surface area contributed by atoms with Gasteiger partial charge in [-0.25, -0.2) is 0 Å². The molecule has 0 saturated carbocycles. The summed E-state index contributed by atoms with van der Waals surface area (Å²) >= 11 is 4.37. The molecule has 0 bridgehead atoms. The largest absolute Gasteiger partial charge is 0.446 e. The molecule has 6 heteroatoms. The van der Waals surface area contributed by atoms with Crippen LogP contribution in [0.5, 0.6) is 11.5 Å². The summed E-state index contributed by atoms with van der Waals surface area (Å²) in [6.07, 6.45) is -1.16. The Labute approximate surface area is 143 Å². The van der Waals surface area contributed by atoms with E-state index in [-0.39, 0.29) is 0 Å². The van der Waals surface area contributed by atoms with E-state index in [2.05, 4.69) is 45.2 Å². The lowest BCUT2D eigenvalue weighted by atomic mass is 10.3. The van der Waals surface area contributed by atoms with Crippen LogP contribution in [-0.2, 0) is 4.79 Å². The van der Waals surface area contributed by atoms with Gasteiger partial charge < -0.3 is 15.2 Å². The van der Waals surface area contributed by atoms with Crippen LogP contribution >= 0.6 is 45.2 Å². The second-order valence-electron chi connectivity index (χ2n) is 3.88. The van der Waals surface area contributed by atoms with Crippen molar-refractivity contribution in [2.75, 3.05) is 0 Å². The fourth-order valence-corrected chi connectivity index (χ4v) is 2.13. The molecular formula is C14H11I2NO3. The van der Waals surface area contributed by atoms with Gasteiger partial charge in [0.1, 0.15) is 11.5 Å². The summed E-state index contributed by atoms with van der Waals surface area (Å²) in [6.45, 7) is 0. The van der Waals surface area contributed by atoms with Gasteiger partial charge in [-0.2, -0.15) is 0 Å². The summed E-state index contributed by atoms with van der Waals surface area (Å²) in [4.78, 5) is 11.4. The molecule has 2 aromatic rings. The minimum atomic E-state index is -1.16. The Kier molecular flexibility index (Phi) is 5.46. The number of ether oxygens (including phenoxy) is 2. The van der Waals surface area contributed by atoms with Crippen LogP contribution in [-0.4, -0.2) is 12.2 Å². The summed E-state index contributed by atoms with van der Waals surface area (Å²) in [5.74, 6) is 0.376. The van der Waals surface area contributed by atoms with Crippen molar-refractivity contribution in [3.05, 3.63) is 55.7 Å². The summed E-state index contributed by atoms with van der Waals surface area (Å²) in [6, 6.07) is 14.5. The van der Waals surface area contributed by atoms with Crippen LogP contribution in [0.2, 0.25) is 0 Å². The number of hydrogen-bond acceptors (Lipinski definition) is 3. The number of rotatable bonds is 5. The number of carbonyl (C=O) groups excluding carboxylic acids is 1.